The van der Waals surface area contributed by atoms with Gasteiger partial charge in [0.05, 0.1) is 0 Å². The highest BCUT2D eigenvalue weighted by molar-refractivity contribution is 5.95. The molecule has 9 heteroatoms. The van der Waals surface area contributed by atoms with Crippen LogP contribution in [0, 0.1) is 11.2 Å². The number of fused-ring (bicyclic) bond motifs is 1. The van der Waals surface area contributed by atoms with Gasteiger partial charge in [-0.05, 0) is 60.4 Å². The van der Waals surface area contributed by atoms with Crippen molar-refractivity contribution in [1.82, 2.24) is 15.1 Å². The van der Waals surface area contributed by atoms with E-state index >= 15 is 0 Å². The smallest absolute Gasteiger partial charge is 0.246 e. The van der Waals surface area contributed by atoms with Crippen LogP contribution in [0.5, 0.6) is 0 Å². The quantitative estimate of drug-likeness (QED) is 0.234. The number of hydrogen-bond acceptors (Lipinski definition) is 5. The molecular weight excluding hydrogens is 571 g/mol. The molecule has 8 nitrogen and oxygen atoms in total. The van der Waals surface area contributed by atoms with E-state index in [9.17, 15) is 23.9 Å². The van der Waals surface area contributed by atoms with Crippen molar-refractivity contribution in [2.24, 2.45) is 11.1 Å². The third-order valence-corrected chi connectivity index (χ3v) is 7.88. The van der Waals surface area contributed by atoms with Gasteiger partial charge in [0, 0.05) is 51.0 Å². The molecule has 45 heavy (non-hydrogen) atoms. The third kappa shape index (κ3) is 10.5. The highest BCUT2D eigenvalue weighted by Gasteiger charge is 2.35. The highest BCUT2D eigenvalue weighted by Crippen LogP contribution is 2.21. The molecule has 0 aromatic heterocycles. The largest absolute Gasteiger partial charge is 0.396 e. The summed E-state index contributed by atoms with van der Waals surface area (Å²) in [6.45, 7) is 7.40. The maximum atomic E-state index is 14.3. The van der Waals surface area contributed by atoms with Gasteiger partial charge in [-0.15, -0.1) is 0 Å². The minimum absolute atomic E-state index is 0.125. The number of hydrogen-bond donors (Lipinski definition) is 3. The van der Waals surface area contributed by atoms with Crippen LogP contribution in [0.3, 0.4) is 0 Å². The number of benzene rings is 3. The number of nitrogens with two attached hydrogens (primary N) is 1. The zero-order valence-corrected chi connectivity index (χ0v) is 27.2. The predicted octanol–water partition coefficient (Wildman–Crippen LogP) is 4.24. The fourth-order valence-electron chi connectivity index (χ4n) is 4.85. The number of nitrogens with one attached hydrogen (secondary N) is 1. The molecule has 0 radical (unpaired) electrons. The van der Waals surface area contributed by atoms with E-state index in [-0.39, 0.29) is 31.9 Å². The lowest BCUT2D eigenvalue weighted by molar-refractivity contribution is -0.146. The van der Waals surface area contributed by atoms with Crippen molar-refractivity contribution >= 4 is 28.5 Å². The Labute approximate surface area is 266 Å². The average Bonchev–Trinajstić information content (AvgIpc) is 3.00. The second-order valence-electron chi connectivity index (χ2n) is 13.3. The molecule has 2 atom stereocenters. The SMILES string of the molecule is CN(C(=O)C=CCC(C)(C)N)[C@H](Cc1ccc2ccccc2c1)C(=O)N(C)[C@H](Cc1ccc(F)cc1)C(=O)NCC(C)(C)CO. The Kier molecular flexibility index (Phi) is 12.0. The maximum absolute atomic E-state index is 14.3. The number of aliphatic hydroxyl groups excluding tert-OH is 1. The van der Waals surface area contributed by atoms with Gasteiger partial charge in [-0.1, -0.05) is 74.5 Å². The van der Waals surface area contributed by atoms with Gasteiger partial charge in [0.15, 0.2) is 0 Å². The van der Waals surface area contributed by atoms with E-state index in [1.807, 2.05) is 70.2 Å². The molecule has 0 heterocycles. The van der Waals surface area contributed by atoms with Gasteiger partial charge >= 0.3 is 0 Å². The molecule has 0 saturated heterocycles. The summed E-state index contributed by atoms with van der Waals surface area (Å²) < 4.78 is 13.7. The second-order valence-corrected chi connectivity index (χ2v) is 13.3. The summed E-state index contributed by atoms with van der Waals surface area (Å²) in [6, 6.07) is 17.7. The standard InChI is InChI=1S/C36H47FN4O4/c1-35(2,24-42)23-39-33(44)30(21-25-14-17-29(37)18-15-25)41(6)34(45)31(40(5)32(43)12-9-19-36(3,4)38)22-26-13-16-27-10-7-8-11-28(27)20-26/h7-18,20,30-31,42H,19,21-24,38H2,1-6H3,(H,39,44)/t30-,31-/m1/s1. The molecule has 4 N–H and O–H groups in total. The molecule has 0 aliphatic heterocycles. The molecule has 3 rings (SSSR count). The van der Waals surface area contributed by atoms with Crippen LogP contribution in [0.1, 0.15) is 45.2 Å². The summed E-state index contributed by atoms with van der Waals surface area (Å²) >= 11 is 0. The molecule has 0 aliphatic rings. The number of likely N-dealkylation sites (N-methyl/N-ethyl adjacent to an activating group) is 2. The van der Waals surface area contributed by atoms with Gasteiger partial charge in [-0.3, -0.25) is 14.4 Å². The first-order valence-electron chi connectivity index (χ1n) is 15.2. The molecular formula is C36H47FN4O4. The van der Waals surface area contributed by atoms with Gasteiger partial charge in [0.1, 0.15) is 17.9 Å². The lowest BCUT2D eigenvalue weighted by Gasteiger charge is -2.35. The molecule has 0 saturated carbocycles. The molecule has 0 fully saturated rings. The number of carbonyl (C=O) groups excluding carboxylic acids is 3. The lowest BCUT2D eigenvalue weighted by Crippen LogP contribution is -2.56. The van der Waals surface area contributed by atoms with Crippen molar-refractivity contribution in [1.29, 1.82) is 0 Å². The van der Waals surface area contributed by atoms with Gasteiger partial charge < -0.3 is 26.0 Å². The average molecular weight is 619 g/mol. The summed E-state index contributed by atoms with van der Waals surface area (Å²) in [5.41, 5.74) is 6.53. The van der Waals surface area contributed by atoms with Crippen LogP contribution < -0.4 is 11.1 Å². The Bertz CT molecular complexity index is 1500. The summed E-state index contributed by atoms with van der Waals surface area (Å²) in [4.78, 5) is 44.1. The molecule has 3 aromatic rings. The van der Waals surface area contributed by atoms with Crippen molar-refractivity contribution in [2.75, 3.05) is 27.2 Å². The Hall–Kier alpha value is -4.08. The summed E-state index contributed by atoms with van der Waals surface area (Å²) in [5, 5.41) is 14.6. The van der Waals surface area contributed by atoms with Crippen LogP contribution in [0.15, 0.2) is 78.9 Å². The van der Waals surface area contributed by atoms with Crippen molar-refractivity contribution in [3.63, 3.8) is 0 Å². The zero-order chi connectivity index (χ0) is 33.4. The van der Waals surface area contributed by atoms with Crippen molar-refractivity contribution in [3.8, 4) is 0 Å². The first kappa shape index (κ1) is 35.4. The van der Waals surface area contributed by atoms with E-state index < -0.39 is 40.7 Å². The zero-order valence-electron chi connectivity index (χ0n) is 27.2. The third-order valence-electron chi connectivity index (χ3n) is 7.88. The first-order valence-corrected chi connectivity index (χ1v) is 15.2. The van der Waals surface area contributed by atoms with Crippen molar-refractivity contribution in [2.45, 2.75) is 64.6 Å². The minimum Gasteiger partial charge on any atom is -0.396 e. The number of amides is 3. The van der Waals surface area contributed by atoms with Crippen LogP contribution in [0.25, 0.3) is 10.8 Å². The normalized spacial score (nSPS) is 13.4. The Morgan fingerprint density at radius 1 is 0.889 bits per heavy atom. The molecule has 0 aliphatic carbocycles. The number of aliphatic hydroxyl groups is 1. The molecule has 0 spiro atoms. The van der Waals surface area contributed by atoms with Crippen molar-refractivity contribution < 1.29 is 23.9 Å². The number of rotatable bonds is 14. The predicted molar refractivity (Wildman–Crippen MR) is 177 cm³/mol. The Balaban J connectivity index is 1.97. The number of carbonyl (C=O) groups is 3. The summed E-state index contributed by atoms with van der Waals surface area (Å²) in [6.07, 6.45) is 3.94. The van der Waals surface area contributed by atoms with Gasteiger partial charge in [0.2, 0.25) is 17.7 Å². The van der Waals surface area contributed by atoms with Crippen LogP contribution in [-0.2, 0) is 27.2 Å². The van der Waals surface area contributed by atoms with Crippen LogP contribution in [-0.4, -0.2) is 77.5 Å². The van der Waals surface area contributed by atoms with E-state index in [1.54, 1.807) is 32.3 Å². The van der Waals surface area contributed by atoms with Crippen molar-refractivity contribution in [3.05, 3.63) is 95.8 Å². The van der Waals surface area contributed by atoms with Crippen LogP contribution in [0.4, 0.5) is 4.39 Å². The van der Waals surface area contributed by atoms with E-state index in [2.05, 4.69) is 5.32 Å². The highest BCUT2D eigenvalue weighted by atomic mass is 19.1. The van der Waals surface area contributed by atoms with Gasteiger partial charge in [-0.2, -0.15) is 0 Å². The Morgan fingerprint density at radius 3 is 2.11 bits per heavy atom. The fourth-order valence-corrected chi connectivity index (χ4v) is 4.85. The van der Waals surface area contributed by atoms with E-state index in [1.165, 1.54) is 28.0 Å². The van der Waals surface area contributed by atoms with Gasteiger partial charge in [-0.25, -0.2) is 4.39 Å². The summed E-state index contributed by atoms with van der Waals surface area (Å²) in [5.74, 6) is -1.61. The molecule has 3 aromatic carbocycles. The molecule has 3 amide bonds. The van der Waals surface area contributed by atoms with Crippen LogP contribution in [0.2, 0.25) is 0 Å². The first-order chi connectivity index (χ1) is 21.1. The topological polar surface area (TPSA) is 116 Å². The number of halogens is 1. The lowest BCUT2D eigenvalue weighted by atomic mass is 9.94. The monoisotopic (exact) mass is 618 g/mol. The number of nitrogens with zero attached hydrogens (tertiary/aromatic N) is 2. The second kappa shape index (κ2) is 15.3. The molecule has 242 valence electrons. The van der Waals surface area contributed by atoms with Crippen LogP contribution >= 0.6 is 0 Å². The molecule has 0 bridgehead atoms. The van der Waals surface area contributed by atoms with E-state index in [4.69, 9.17) is 5.73 Å². The van der Waals surface area contributed by atoms with E-state index in [0.717, 1.165) is 16.3 Å². The fraction of sp³-hybridized carbons (Fsp3) is 0.417. The van der Waals surface area contributed by atoms with E-state index in [0.29, 0.717) is 12.0 Å². The molecule has 0 unspecified atom stereocenters. The Morgan fingerprint density at radius 2 is 1.49 bits per heavy atom. The summed E-state index contributed by atoms with van der Waals surface area (Å²) in [7, 11) is 3.13. The van der Waals surface area contributed by atoms with Gasteiger partial charge in [0.25, 0.3) is 0 Å². The minimum atomic E-state index is -0.964. The maximum Gasteiger partial charge on any atom is 0.246 e.